The fraction of sp³-hybridized carbons (Fsp3) is 0.500. The van der Waals surface area contributed by atoms with Gasteiger partial charge < -0.3 is 5.73 Å². The van der Waals surface area contributed by atoms with Crippen molar-refractivity contribution in [2.24, 2.45) is 0 Å². The molecule has 2 unspecified atom stereocenters. The highest BCUT2D eigenvalue weighted by Crippen LogP contribution is 2.26. The standard InChI is InChI=1S/C12H19BrN2O3S2/c1-8-6-10(13)11(14)7-12(8)20(17,18)15-5-4-9(2)19(3)16/h6-7,9,15H,4-5,14H2,1-3H3. The normalized spacial score (nSPS) is 15.0. The molecule has 0 aliphatic rings. The van der Waals surface area contributed by atoms with Gasteiger partial charge in [0.1, 0.15) is 0 Å². The van der Waals surface area contributed by atoms with Crippen molar-refractivity contribution in [2.75, 3.05) is 18.5 Å². The fourth-order valence-corrected chi connectivity index (χ4v) is 3.81. The lowest BCUT2D eigenvalue weighted by atomic mass is 10.2. The first-order chi connectivity index (χ1) is 9.15. The number of aryl methyl sites for hydroxylation is 1. The minimum atomic E-state index is -3.60. The first-order valence-electron chi connectivity index (χ1n) is 6.02. The highest BCUT2D eigenvalue weighted by molar-refractivity contribution is 9.10. The molecule has 114 valence electrons. The van der Waals surface area contributed by atoms with E-state index < -0.39 is 20.8 Å². The minimum Gasteiger partial charge on any atom is -0.398 e. The second-order valence-electron chi connectivity index (χ2n) is 4.63. The molecule has 1 aromatic carbocycles. The number of benzene rings is 1. The van der Waals surface area contributed by atoms with Gasteiger partial charge in [-0.25, -0.2) is 13.1 Å². The van der Waals surface area contributed by atoms with Gasteiger partial charge in [0, 0.05) is 39.0 Å². The third-order valence-corrected chi connectivity index (χ3v) is 6.65. The minimum absolute atomic E-state index is 0.0474. The molecule has 0 saturated heterocycles. The Bertz CT molecular complexity index is 617. The van der Waals surface area contributed by atoms with Crippen molar-refractivity contribution in [2.45, 2.75) is 30.4 Å². The van der Waals surface area contributed by atoms with Crippen LogP contribution in [0.25, 0.3) is 0 Å². The molecule has 0 fully saturated rings. The van der Waals surface area contributed by atoms with Gasteiger partial charge in [0.2, 0.25) is 10.0 Å². The molecule has 0 bridgehead atoms. The third-order valence-electron chi connectivity index (χ3n) is 2.99. The summed E-state index contributed by atoms with van der Waals surface area (Å²) in [5.41, 5.74) is 6.71. The summed E-state index contributed by atoms with van der Waals surface area (Å²) in [5, 5.41) is -0.0474. The summed E-state index contributed by atoms with van der Waals surface area (Å²) in [4.78, 5) is 0.170. The van der Waals surface area contributed by atoms with Gasteiger partial charge in [-0.2, -0.15) is 0 Å². The molecule has 1 rings (SSSR count). The zero-order valence-electron chi connectivity index (χ0n) is 11.6. The van der Waals surface area contributed by atoms with E-state index in [0.29, 0.717) is 22.1 Å². The molecule has 5 nitrogen and oxygen atoms in total. The number of anilines is 1. The van der Waals surface area contributed by atoms with Gasteiger partial charge in [0.05, 0.1) is 4.90 Å². The Hall–Kier alpha value is -0.440. The van der Waals surface area contributed by atoms with Crippen molar-refractivity contribution in [3.8, 4) is 0 Å². The van der Waals surface area contributed by atoms with Crippen LogP contribution in [0, 0.1) is 6.92 Å². The highest BCUT2D eigenvalue weighted by Gasteiger charge is 2.18. The Morgan fingerprint density at radius 1 is 1.45 bits per heavy atom. The summed E-state index contributed by atoms with van der Waals surface area (Å²) in [7, 11) is -4.56. The second kappa shape index (κ2) is 7.02. The molecule has 0 radical (unpaired) electrons. The topological polar surface area (TPSA) is 89.3 Å². The third kappa shape index (κ3) is 4.54. The Kier molecular flexibility index (Phi) is 6.18. The van der Waals surface area contributed by atoms with Gasteiger partial charge in [-0.3, -0.25) is 4.21 Å². The van der Waals surface area contributed by atoms with Gasteiger partial charge in [0.15, 0.2) is 0 Å². The maximum absolute atomic E-state index is 12.2. The molecule has 0 aromatic heterocycles. The summed E-state index contributed by atoms with van der Waals surface area (Å²) in [6.45, 7) is 3.79. The maximum Gasteiger partial charge on any atom is 0.240 e. The lowest BCUT2D eigenvalue weighted by molar-refractivity contribution is 0.577. The lowest BCUT2D eigenvalue weighted by Gasteiger charge is -2.12. The Labute approximate surface area is 131 Å². The van der Waals surface area contributed by atoms with Crippen molar-refractivity contribution in [3.05, 3.63) is 22.2 Å². The van der Waals surface area contributed by atoms with Crippen LogP contribution in [0.15, 0.2) is 21.5 Å². The Morgan fingerprint density at radius 2 is 2.05 bits per heavy atom. The van der Waals surface area contributed by atoms with Gasteiger partial charge in [-0.1, -0.05) is 6.92 Å². The van der Waals surface area contributed by atoms with Crippen LogP contribution in [0.3, 0.4) is 0 Å². The predicted octanol–water partition coefficient (Wildman–Crippen LogP) is 1.78. The van der Waals surface area contributed by atoms with E-state index in [9.17, 15) is 12.6 Å². The first kappa shape index (κ1) is 17.6. The van der Waals surface area contributed by atoms with Gasteiger partial charge in [0.25, 0.3) is 0 Å². The van der Waals surface area contributed by atoms with Crippen LogP contribution >= 0.6 is 15.9 Å². The first-order valence-corrected chi connectivity index (χ1v) is 9.92. The average Bonchev–Trinajstić information content (AvgIpc) is 2.33. The molecule has 0 amide bonds. The number of hydrogen-bond donors (Lipinski definition) is 2. The molecule has 3 N–H and O–H groups in total. The molecule has 1 aromatic rings. The van der Waals surface area contributed by atoms with E-state index in [1.54, 1.807) is 19.2 Å². The molecule has 0 heterocycles. The summed E-state index contributed by atoms with van der Waals surface area (Å²) in [6, 6.07) is 3.11. The molecule has 2 atom stereocenters. The van der Waals surface area contributed by atoms with Crippen LogP contribution in [-0.4, -0.2) is 30.7 Å². The van der Waals surface area contributed by atoms with Crippen molar-refractivity contribution >= 4 is 42.4 Å². The summed E-state index contributed by atoms with van der Waals surface area (Å²) >= 11 is 3.26. The molecule has 0 aliphatic carbocycles. The highest BCUT2D eigenvalue weighted by atomic mass is 79.9. The molecule has 8 heteroatoms. The van der Waals surface area contributed by atoms with Crippen molar-refractivity contribution in [1.29, 1.82) is 0 Å². The van der Waals surface area contributed by atoms with E-state index in [2.05, 4.69) is 20.7 Å². The Balaban J connectivity index is 2.85. The van der Waals surface area contributed by atoms with E-state index in [4.69, 9.17) is 5.73 Å². The van der Waals surface area contributed by atoms with Crippen LogP contribution in [0.4, 0.5) is 5.69 Å². The summed E-state index contributed by atoms with van der Waals surface area (Å²) < 4.78 is 38.8. The quantitative estimate of drug-likeness (QED) is 0.733. The molecular weight excluding hydrogens is 364 g/mol. The number of nitrogens with two attached hydrogens (primary N) is 1. The van der Waals surface area contributed by atoms with Crippen LogP contribution < -0.4 is 10.5 Å². The zero-order chi connectivity index (χ0) is 15.5. The lowest BCUT2D eigenvalue weighted by Crippen LogP contribution is -2.28. The molecule has 20 heavy (non-hydrogen) atoms. The molecule has 0 aliphatic heterocycles. The number of sulfonamides is 1. The van der Waals surface area contributed by atoms with Gasteiger partial charge in [-0.15, -0.1) is 0 Å². The van der Waals surface area contributed by atoms with E-state index in [1.165, 1.54) is 6.07 Å². The number of rotatable bonds is 6. The fourth-order valence-electron chi connectivity index (χ4n) is 1.60. The van der Waals surface area contributed by atoms with Crippen LogP contribution in [0.5, 0.6) is 0 Å². The van der Waals surface area contributed by atoms with Crippen molar-refractivity contribution in [3.63, 3.8) is 0 Å². The monoisotopic (exact) mass is 382 g/mol. The number of nitrogens with one attached hydrogen (secondary N) is 1. The summed E-state index contributed by atoms with van der Waals surface area (Å²) in [5.74, 6) is 0. The van der Waals surface area contributed by atoms with Gasteiger partial charge in [-0.05, 0) is 47.0 Å². The van der Waals surface area contributed by atoms with E-state index in [-0.39, 0.29) is 16.7 Å². The largest absolute Gasteiger partial charge is 0.398 e. The van der Waals surface area contributed by atoms with Crippen LogP contribution in [0.1, 0.15) is 18.9 Å². The SMILES string of the molecule is Cc1cc(Br)c(N)cc1S(=O)(=O)NCCC(C)S(C)=O. The van der Waals surface area contributed by atoms with Crippen LogP contribution in [0.2, 0.25) is 0 Å². The smallest absolute Gasteiger partial charge is 0.240 e. The molecule has 0 saturated carbocycles. The van der Waals surface area contributed by atoms with E-state index >= 15 is 0 Å². The van der Waals surface area contributed by atoms with Crippen molar-refractivity contribution in [1.82, 2.24) is 4.72 Å². The predicted molar refractivity (Wildman–Crippen MR) is 86.6 cm³/mol. The Morgan fingerprint density at radius 3 is 2.60 bits per heavy atom. The molecular formula is C12H19BrN2O3S2. The second-order valence-corrected chi connectivity index (χ2v) is 9.03. The van der Waals surface area contributed by atoms with Gasteiger partial charge >= 0.3 is 0 Å². The zero-order valence-corrected chi connectivity index (χ0v) is 14.9. The maximum atomic E-state index is 12.2. The van der Waals surface area contributed by atoms with Crippen molar-refractivity contribution < 1.29 is 12.6 Å². The number of nitrogen functional groups attached to an aromatic ring is 1. The average molecular weight is 383 g/mol. The number of hydrogen-bond acceptors (Lipinski definition) is 4. The van der Waals surface area contributed by atoms with Crippen LogP contribution in [-0.2, 0) is 20.8 Å². The summed E-state index contributed by atoms with van der Waals surface area (Å²) in [6.07, 6.45) is 2.13. The van der Waals surface area contributed by atoms with E-state index in [1.807, 2.05) is 6.92 Å². The molecule has 0 spiro atoms. The van der Waals surface area contributed by atoms with E-state index in [0.717, 1.165) is 0 Å². The number of halogens is 1.